The maximum atomic E-state index is 12.3. The summed E-state index contributed by atoms with van der Waals surface area (Å²) in [6.07, 6.45) is -0.757. The Morgan fingerprint density at radius 1 is 1.08 bits per heavy atom. The Morgan fingerprint density at radius 2 is 1.68 bits per heavy atom. The van der Waals surface area contributed by atoms with Crippen molar-refractivity contribution in [3.63, 3.8) is 0 Å². The van der Waals surface area contributed by atoms with E-state index in [1.807, 2.05) is 50.2 Å². The number of carbonyl (C=O) groups excluding carboxylic acids is 1. The van der Waals surface area contributed by atoms with Gasteiger partial charge < -0.3 is 15.2 Å². The molecule has 0 saturated carbocycles. The molecule has 2 atom stereocenters. The molecule has 25 heavy (non-hydrogen) atoms. The molecule has 0 radical (unpaired) electrons. The van der Waals surface area contributed by atoms with E-state index in [0.717, 1.165) is 16.7 Å². The summed E-state index contributed by atoms with van der Waals surface area (Å²) in [5, 5.41) is 12.1. The summed E-state index contributed by atoms with van der Waals surface area (Å²) in [6.45, 7) is 5.68. The zero-order valence-electron chi connectivity index (χ0n) is 14.7. The van der Waals surface area contributed by atoms with Crippen molar-refractivity contribution < 1.29 is 19.4 Å². The minimum atomic E-state index is -1.10. The highest BCUT2D eigenvalue weighted by molar-refractivity contribution is 5.86. The van der Waals surface area contributed by atoms with Gasteiger partial charge in [0.25, 0.3) is 0 Å². The van der Waals surface area contributed by atoms with Crippen LogP contribution in [0.3, 0.4) is 0 Å². The van der Waals surface area contributed by atoms with E-state index in [0.29, 0.717) is 5.56 Å². The molecule has 2 unspecified atom stereocenters. The van der Waals surface area contributed by atoms with Crippen LogP contribution in [0.4, 0.5) is 0 Å². The zero-order chi connectivity index (χ0) is 18.4. The van der Waals surface area contributed by atoms with Gasteiger partial charge in [-0.3, -0.25) is 4.79 Å². The molecule has 2 aromatic rings. The highest BCUT2D eigenvalue weighted by Crippen LogP contribution is 2.18. The molecule has 0 aliphatic heterocycles. The van der Waals surface area contributed by atoms with Gasteiger partial charge >= 0.3 is 5.97 Å². The molecule has 0 bridgehead atoms. The topological polar surface area (TPSA) is 75.6 Å². The fourth-order valence-electron chi connectivity index (χ4n) is 2.59. The van der Waals surface area contributed by atoms with Crippen molar-refractivity contribution in [2.75, 3.05) is 0 Å². The van der Waals surface area contributed by atoms with E-state index < -0.39 is 24.0 Å². The third-order valence-electron chi connectivity index (χ3n) is 3.82. The van der Waals surface area contributed by atoms with E-state index in [4.69, 9.17) is 4.74 Å². The highest BCUT2D eigenvalue weighted by atomic mass is 16.5. The van der Waals surface area contributed by atoms with Crippen LogP contribution in [0.1, 0.15) is 35.2 Å². The van der Waals surface area contributed by atoms with Crippen LogP contribution in [0.2, 0.25) is 0 Å². The van der Waals surface area contributed by atoms with Crippen molar-refractivity contribution in [1.29, 1.82) is 0 Å². The average molecular weight is 341 g/mol. The summed E-state index contributed by atoms with van der Waals surface area (Å²) >= 11 is 0. The Bertz CT molecular complexity index is 722. The maximum Gasteiger partial charge on any atom is 0.330 e. The number of rotatable bonds is 7. The molecule has 0 aliphatic carbocycles. The number of amides is 1. The number of carboxylic acid groups (broad SMARTS) is 1. The van der Waals surface area contributed by atoms with Crippen LogP contribution in [-0.2, 0) is 20.9 Å². The maximum absolute atomic E-state index is 12.3. The Morgan fingerprint density at radius 3 is 2.24 bits per heavy atom. The zero-order valence-corrected chi connectivity index (χ0v) is 14.7. The van der Waals surface area contributed by atoms with E-state index in [1.165, 1.54) is 0 Å². The second kappa shape index (κ2) is 8.44. The second-order valence-corrected chi connectivity index (χ2v) is 6.14. The molecule has 0 saturated heterocycles. The first-order valence-electron chi connectivity index (χ1n) is 8.13. The quantitative estimate of drug-likeness (QED) is 0.811. The Kier molecular flexibility index (Phi) is 6.31. The minimum Gasteiger partial charge on any atom is -0.479 e. The van der Waals surface area contributed by atoms with E-state index in [9.17, 15) is 14.7 Å². The van der Waals surface area contributed by atoms with Crippen LogP contribution < -0.4 is 5.32 Å². The summed E-state index contributed by atoms with van der Waals surface area (Å²) in [4.78, 5) is 23.9. The predicted molar refractivity (Wildman–Crippen MR) is 95.1 cm³/mol. The average Bonchev–Trinajstić information content (AvgIpc) is 2.57. The third-order valence-corrected chi connectivity index (χ3v) is 3.82. The monoisotopic (exact) mass is 341 g/mol. The molecule has 132 valence electrons. The first kappa shape index (κ1) is 18.7. The molecule has 5 nitrogen and oxygen atoms in total. The number of carbonyl (C=O) groups is 2. The van der Waals surface area contributed by atoms with Crippen LogP contribution in [0, 0.1) is 13.8 Å². The lowest BCUT2D eigenvalue weighted by atomic mass is 10.0. The molecule has 0 fully saturated rings. The summed E-state index contributed by atoms with van der Waals surface area (Å²) in [6, 6.07) is 13.9. The largest absolute Gasteiger partial charge is 0.479 e. The highest BCUT2D eigenvalue weighted by Gasteiger charge is 2.25. The smallest absolute Gasteiger partial charge is 0.330 e. The fraction of sp³-hybridized carbons (Fsp3) is 0.300. The van der Waals surface area contributed by atoms with Gasteiger partial charge in [0.2, 0.25) is 5.91 Å². The van der Waals surface area contributed by atoms with E-state index in [2.05, 4.69) is 5.32 Å². The number of nitrogens with one attached hydrogen (secondary N) is 1. The Hall–Kier alpha value is -2.66. The molecule has 5 heteroatoms. The first-order chi connectivity index (χ1) is 11.9. The molecule has 0 heterocycles. The number of hydrogen-bond donors (Lipinski definition) is 2. The summed E-state index contributed by atoms with van der Waals surface area (Å²) in [5.41, 5.74) is 3.40. The normalized spacial score (nSPS) is 13.1. The third kappa shape index (κ3) is 5.43. The van der Waals surface area contributed by atoms with Crippen molar-refractivity contribution in [2.45, 2.75) is 39.5 Å². The number of ether oxygens (including phenoxy) is 1. The second-order valence-electron chi connectivity index (χ2n) is 6.14. The number of hydrogen-bond acceptors (Lipinski definition) is 3. The van der Waals surface area contributed by atoms with Crippen LogP contribution >= 0.6 is 0 Å². The van der Waals surface area contributed by atoms with Gasteiger partial charge in [0.05, 0.1) is 6.61 Å². The fourth-order valence-corrected chi connectivity index (χ4v) is 2.59. The summed E-state index contributed by atoms with van der Waals surface area (Å²) < 4.78 is 5.55. The molecule has 0 spiro atoms. The number of aryl methyl sites for hydroxylation is 2. The lowest BCUT2D eigenvalue weighted by Gasteiger charge is -2.19. The molecule has 2 N–H and O–H groups in total. The van der Waals surface area contributed by atoms with Crippen LogP contribution in [0.5, 0.6) is 0 Å². The SMILES string of the molecule is Cc1cc(C)cc(C(NC(=O)C(C)OCc2ccccc2)C(=O)O)c1. The van der Waals surface area contributed by atoms with E-state index >= 15 is 0 Å². The minimum absolute atomic E-state index is 0.288. The van der Waals surface area contributed by atoms with Gasteiger partial charge in [0.1, 0.15) is 6.10 Å². The van der Waals surface area contributed by atoms with Crippen LogP contribution in [0.15, 0.2) is 48.5 Å². The lowest BCUT2D eigenvalue weighted by Crippen LogP contribution is -2.40. The standard InChI is InChI=1S/C20H23NO4/c1-13-9-14(2)11-17(10-13)18(20(23)24)21-19(22)15(3)25-12-16-7-5-4-6-8-16/h4-11,15,18H,12H2,1-3H3,(H,21,22)(H,23,24). The summed E-state index contributed by atoms with van der Waals surface area (Å²) in [5.74, 6) is -1.56. The van der Waals surface area contributed by atoms with Crippen LogP contribution in [0.25, 0.3) is 0 Å². The van der Waals surface area contributed by atoms with Crippen molar-refractivity contribution in [3.8, 4) is 0 Å². The Labute approximate surface area is 147 Å². The van der Waals surface area contributed by atoms with Gasteiger partial charge in [-0.2, -0.15) is 0 Å². The first-order valence-corrected chi connectivity index (χ1v) is 8.13. The van der Waals surface area contributed by atoms with Crippen molar-refractivity contribution >= 4 is 11.9 Å². The lowest BCUT2D eigenvalue weighted by molar-refractivity contribution is -0.144. The molecule has 2 rings (SSSR count). The molecule has 0 aliphatic rings. The van der Waals surface area contributed by atoms with Crippen molar-refractivity contribution in [3.05, 3.63) is 70.8 Å². The van der Waals surface area contributed by atoms with Gasteiger partial charge in [0.15, 0.2) is 6.04 Å². The molecule has 0 aromatic heterocycles. The predicted octanol–water partition coefficient (Wildman–Crippen LogP) is 3.15. The Balaban J connectivity index is 2.03. The van der Waals surface area contributed by atoms with Gasteiger partial charge in [-0.25, -0.2) is 4.79 Å². The summed E-state index contributed by atoms with van der Waals surface area (Å²) in [7, 11) is 0. The van der Waals surface area contributed by atoms with Crippen molar-refractivity contribution in [1.82, 2.24) is 5.32 Å². The molecule has 1 amide bonds. The van der Waals surface area contributed by atoms with E-state index in [-0.39, 0.29) is 6.61 Å². The van der Waals surface area contributed by atoms with Gasteiger partial charge in [0, 0.05) is 0 Å². The van der Waals surface area contributed by atoms with Crippen molar-refractivity contribution in [2.24, 2.45) is 0 Å². The van der Waals surface area contributed by atoms with Gasteiger partial charge in [-0.1, -0.05) is 59.7 Å². The number of carboxylic acids is 1. The number of aliphatic carboxylic acids is 1. The molecule has 2 aromatic carbocycles. The van der Waals surface area contributed by atoms with Crippen LogP contribution in [-0.4, -0.2) is 23.1 Å². The van der Waals surface area contributed by atoms with Gasteiger partial charge in [-0.15, -0.1) is 0 Å². The number of benzene rings is 2. The molecular formula is C20H23NO4. The molecular weight excluding hydrogens is 318 g/mol. The van der Waals surface area contributed by atoms with Gasteiger partial charge in [-0.05, 0) is 31.9 Å². The van der Waals surface area contributed by atoms with E-state index in [1.54, 1.807) is 19.1 Å².